The molecule has 2 aliphatic rings. The Balaban J connectivity index is 1.55. The Kier molecular flexibility index (Phi) is 2.71. The van der Waals surface area contributed by atoms with Crippen molar-refractivity contribution in [2.24, 2.45) is 0 Å². The molecule has 2 aromatic rings. The zero-order valence-electron chi connectivity index (χ0n) is 11.5. The van der Waals surface area contributed by atoms with Gasteiger partial charge in [0.25, 0.3) is 0 Å². The van der Waals surface area contributed by atoms with E-state index in [0.717, 1.165) is 43.3 Å². The minimum atomic E-state index is 0.115. The first-order valence-corrected chi connectivity index (χ1v) is 7.37. The van der Waals surface area contributed by atoms with Crippen molar-refractivity contribution in [3.05, 3.63) is 17.5 Å². The number of nitrogens with one attached hydrogen (secondary N) is 1. The van der Waals surface area contributed by atoms with E-state index in [4.69, 9.17) is 4.52 Å². The number of aromatic nitrogens is 5. The van der Waals surface area contributed by atoms with E-state index in [9.17, 15) is 0 Å². The van der Waals surface area contributed by atoms with E-state index in [2.05, 4.69) is 32.5 Å². The Morgan fingerprint density at radius 1 is 1.30 bits per heavy atom. The molecule has 3 heterocycles. The maximum absolute atomic E-state index is 5.29. The highest BCUT2D eigenvalue weighted by Gasteiger charge is 2.30. The molecule has 7 heteroatoms. The van der Waals surface area contributed by atoms with Gasteiger partial charge in [-0.15, -0.1) is 0 Å². The van der Waals surface area contributed by atoms with Crippen molar-refractivity contribution in [2.75, 3.05) is 5.32 Å². The minimum absolute atomic E-state index is 0.115. The zero-order valence-corrected chi connectivity index (χ0v) is 11.5. The number of anilines is 1. The molecule has 0 spiro atoms. The predicted molar refractivity (Wildman–Crippen MR) is 71.3 cm³/mol. The van der Waals surface area contributed by atoms with E-state index in [1.165, 1.54) is 12.8 Å². The number of rotatable bonds is 4. The molecule has 0 radical (unpaired) electrons. The second-order valence-corrected chi connectivity index (χ2v) is 5.53. The largest absolute Gasteiger partial charge is 0.328 e. The van der Waals surface area contributed by atoms with Gasteiger partial charge in [0.1, 0.15) is 5.82 Å². The van der Waals surface area contributed by atoms with Crippen LogP contribution in [0, 0.1) is 0 Å². The third kappa shape index (κ3) is 2.07. The fourth-order valence-electron chi connectivity index (χ4n) is 2.64. The van der Waals surface area contributed by atoms with Crippen molar-refractivity contribution in [3.63, 3.8) is 0 Å². The molecule has 1 aliphatic carbocycles. The third-order valence-corrected chi connectivity index (χ3v) is 3.92. The monoisotopic (exact) mass is 274 g/mol. The lowest BCUT2D eigenvalue weighted by atomic mass is 10.1. The number of hydrogen-bond donors (Lipinski definition) is 1. The molecule has 0 bridgehead atoms. The van der Waals surface area contributed by atoms with E-state index in [0.29, 0.717) is 11.9 Å². The molecule has 20 heavy (non-hydrogen) atoms. The van der Waals surface area contributed by atoms with E-state index < -0.39 is 0 Å². The Morgan fingerprint density at radius 2 is 2.20 bits per heavy atom. The summed E-state index contributed by atoms with van der Waals surface area (Å²) in [4.78, 5) is 9.02. The van der Waals surface area contributed by atoms with Gasteiger partial charge in [-0.3, -0.25) is 0 Å². The molecule has 1 saturated carbocycles. The molecular weight excluding hydrogens is 256 g/mol. The lowest BCUT2D eigenvalue weighted by molar-refractivity contribution is 0.398. The van der Waals surface area contributed by atoms with Gasteiger partial charge < -0.3 is 9.84 Å². The summed E-state index contributed by atoms with van der Waals surface area (Å²) in [6.45, 7) is 3.02. The molecule has 4 rings (SSSR count). The average molecular weight is 274 g/mol. The highest BCUT2D eigenvalue weighted by molar-refractivity contribution is 5.25. The molecule has 0 amide bonds. The smallest absolute Gasteiger partial charge is 0.322 e. The van der Waals surface area contributed by atoms with Crippen LogP contribution in [-0.2, 0) is 13.0 Å². The Hall–Kier alpha value is -1.92. The fourth-order valence-corrected chi connectivity index (χ4v) is 2.64. The van der Waals surface area contributed by atoms with Crippen LogP contribution in [0.4, 0.5) is 6.01 Å². The molecule has 1 fully saturated rings. The van der Waals surface area contributed by atoms with Crippen LogP contribution in [0.15, 0.2) is 4.52 Å². The molecule has 2 aromatic heterocycles. The van der Waals surface area contributed by atoms with Crippen molar-refractivity contribution < 1.29 is 4.52 Å². The first-order valence-electron chi connectivity index (χ1n) is 7.37. The van der Waals surface area contributed by atoms with Crippen LogP contribution in [0.5, 0.6) is 0 Å². The summed E-state index contributed by atoms with van der Waals surface area (Å²) in [6, 6.07) is 0.621. The van der Waals surface area contributed by atoms with Crippen LogP contribution in [0.1, 0.15) is 62.0 Å². The number of nitrogens with zero attached hydrogens (tertiary/aromatic N) is 5. The number of aryl methyl sites for hydroxylation is 2. The van der Waals surface area contributed by atoms with Gasteiger partial charge in [0, 0.05) is 18.9 Å². The van der Waals surface area contributed by atoms with Gasteiger partial charge in [0.2, 0.25) is 0 Å². The van der Waals surface area contributed by atoms with Gasteiger partial charge in [0.15, 0.2) is 11.6 Å². The van der Waals surface area contributed by atoms with Crippen LogP contribution in [0.3, 0.4) is 0 Å². The first kappa shape index (κ1) is 11.9. The van der Waals surface area contributed by atoms with E-state index in [1.54, 1.807) is 0 Å². The van der Waals surface area contributed by atoms with Gasteiger partial charge in [-0.2, -0.15) is 10.1 Å². The summed E-state index contributed by atoms with van der Waals surface area (Å²) < 4.78 is 7.29. The standard InChI is InChI=1S/C13H18N6O/c1-2-10-15-12-9(4-3-7-19(12)17-10)14-13-16-11(18-20-13)8-5-6-8/h8-9H,2-7H2,1H3,(H,14,16,18). The summed E-state index contributed by atoms with van der Waals surface area (Å²) in [6.07, 6.45) is 5.32. The molecule has 106 valence electrons. The van der Waals surface area contributed by atoms with Crippen molar-refractivity contribution in [1.82, 2.24) is 24.9 Å². The van der Waals surface area contributed by atoms with Crippen molar-refractivity contribution in [1.29, 1.82) is 0 Å². The quantitative estimate of drug-likeness (QED) is 0.918. The first-order chi connectivity index (χ1) is 9.83. The van der Waals surface area contributed by atoms with Gasteiger partial charge in [-0.05, 0) is 25.7 Å². The van der Waals surface area contributed by atoms with Gasteiger partial charge >= 0.3 is 6.01 Å². The fraction of sp³-hybridized carbons (Fsp3) is 0.692. The second kappa shape index (κ2) is 4.57. The summed E-state index contributed by atoms with van der Waals surface area (Å²) in [5.74, 6) is 3.23. The topological polar surface area (TPSA) is 81.7 Å². The third-order valence-electron chi connectivity index (χ3n) is 3.92. The number of fused-ring (bicyclic) bond motifs is 1. The Morgan fingerprint density at radius 3 is 3.00 bits per heavy atom. The normalized spacial score (nSPS) is 21.8. The lowest BCUT2D eigenvalue weighted by Gasteiger charge is -2.21. The van der Waals surface area contributed by atoms with Crippen LogP contribution in [-0.4, -0.2) is 24.9 Å². The molecule has 1 aliphatic heterocycles. The molecule has 1 atom stereocenters. The SMILES string of the molecule is CCc1nc2n(n1)CCCC2Nc1nc(C2CC2)no1. The minimum Gasteiger partial charge on any atom is -0.328 e. The highest BCUT2D eigenvalue weighted by Crippen LogP contribution is 2.38. The molecule has 0 saturated heterocycles. The number of hydrogen-bond acceptors (Lipinski definition) is 6. The van der Waals surface area contributed by atoms with E-state index in [-0.39, 0.29) is 6.04 Å². The van der Waals surface area contributed by atoms with Crippen LogP contribution in [0.25, 0.3) is 0 Å². The van der Waals surface area contributed by atoms with E-state index >= 15 is 0 Å². The van der Waals surface area contributed by atoms with Gasteiger partial charge in [-0.25, -0.2) is 9.67 Å². The van der Waals surface area contributed by atoms with Crippen molar-refractivity contribution in [2.45, 2.75) is 57.5 Å². The Bertz CT molecular complexity index is 614. The molecule has 7 nitrogen and oxygen atoms in total. The summed E-state index contributed by atoms with van der Waals surface area (Å²) in [7, 11) is 0. The van der Waals surface area contributed by atoms with E-state index in [1.807, 2.05) is 4.68 Å². The summed E-state index contributed by atoms with van der Waals surface area (Å²) in [5, 5.41) is 11.8. The van der Waals surface area contributed by atoms with Crippen molar-refractivity contribution >= 4 is 6.01 Å². The molecule has 1 unspecified atom stereocenters. The highest BCUT2D eigenvalue weighted by atomic mass is 16.5. The van der Waals surface area contributed by atoms with Crippen LogP contribution < -0.4 is 5.32 Å². The molecular formula is C13H18N6O. The lowest BCUT2D eigenvalue weighted by Crippen LogP contribution is -2.22. The summed E-state index contributed by atoms with van der Waals surface area (Å²) in [5.41, 5.74) is 0. The maximum atomic E-state index is 5.29. The zero-order chi connectivity index (χ0) is 13.5. The van der Waals surface area contributed by atoms with Gasteiger partial charge in [-0.1, -0.05) is 12.1 Å². The molecule has 1 N–H and O–H groups in total. The van der Waals surface area contributed by atoms with Crippen LogP contribution in [0.2, 0.25) is 0 Å². The molecule has 0 aromatic carbocycles. The average Bonchev–Trinajstić information content (AvgIpc) is 3.05. The second-order valence-electron chi connectivity index (χ2n) is 5.53. The predicted octanol–water partition coefficient (Wildman–Crippen LogP) is 2.05. The summed E-state index contributed by atoms with van der Waals surface area (Å²) >= 11 is 0. The van der Waals surface area contributed by atoms with Crippen LogP contribution >= 0.6 is 0 Å². The van der Waals surface area contributed by atoms with Gasteiger partial charge in [0.05, 0.1) is 6.04 Å². The maximum Gasteiger partial charge on any atom is 0.322 e. The van der Waals surface area contributed by atoms with Crippen molar-refractivity contribution in [3.8, 4) is 0 Å². The Labute approximate surface area is 116 Å².